The Labute approximate surface area is 98.4 Å². The number of anilines is 1. The Morgan fingerprint density at radius 1 is 1.35 bits per heavy atom. The SMILES string of the molecule is CCNc1ncn(Cc2ccncc2)c(=O)n1. The number of nitrogens with one attached hydrogen (secondary N) is 1. The van der Waals surface area contributed by atoms with Crippen LogP contribution in [0.4, 0.5) is 5.95 Å². The molecule has 0 saturated heterocycles. The summed E-state index contributed by atoms with van der Waals surface area (Å²) in [6.07, 6.45) is 4.87. The second kappa shape index (κ2) is 5.20. The average molecular weight is 231 g/mol. The van der Waals surface area contributed by atoms with Crippen LogP contribution in [-0.4, -0.2) is 26.1 Å². The van der Waals surface area contributed by atoms with Gasteiger partial charge in [0.1, 0.15) is 6.33 Å². The van der Waals surface area contributed by atoms with Crippen LogP contribution in [0.25, 0.3) is 0 Å². The van der Waals surface area contributed by atoms with Gasteiger partial charge in [-0.05, 0) is 24.6 Å². The van der Waals surface area contributed by atoms with Crippen LogP contribution in [-0.2, 0) is 6.54 Å². The van der Waals surface area contributed by atoms with Gasteiger partial charge in [0.2, 0.25) is 5.95 Å². The Bertz CT molecular complexity index is 537. The van der Waals surface area contributed by atoms with Crippen molar-refractivity contribution in [2.75, 3.05) is 11.9 Å². The molecule has 6 nitrogen and oxygen atoms in total. The van der Waals surface area contributed by atoms with E-state index in [1.54, 1.807) is 12.4 Å². The molecule has 17 heavy (non-hydrogen) atoms. The first-order chi connectivity index (χ1) is 8.29. The first-order valence-electron chi connectivity index (χ1n) is 5.36. The minimum absolute atomic E-state index is 0.312. The van der Waals surface area contributed by atoms with Gasteiger partial charge in [0.15, 0.2) is 0 Å². The van der Waals surface area contributed by atoms with Gasteiger partial charge in [0.05, 0.1) is 6.54 Å². The largest absolute Gasteiger partial charge is 0.354 e. The predicted octanol–water partition coefficient (Wildman–Crippen LogP) is 0.513. The third-order valence-corrected chi connectivity index (χ3v) is 2.20. The van der Waals surface area contributed by atoms with Crippen molar-refractivity contribution < 1.29 is 0 Å². The topological polar surface area (TPSA) is 72.7 Å². The average Bonchev–Trinajstić information content (AvgIpc) is 2.34. The summed E-state index contributed by atoms with van der Waals surface area (Å²) in [5, 5.41) is 2.89. The fourth-order valence-corrected chi connectivity index (χ4v) is 1.39. The summed E-state index contributed by atoms with van der Waals surface area (Å²) in [5.74, 6) is 0.364. The summed E-state index contributed by atoms with van der Waals surface area (Å²) in [6, 6.07) is 3.70. The lowest BCUT2D eigenvalue weighted by Crippen LogP contribution is -2.25. The molecule has 2 aromatic heterocycles. The van der Waals surface area contributed by atoms with E-state index in [1.807, 2.05) is 19.1 Å². The van der Waals surface area contributed by atoms with Gasteiger partial charge in [-0.25, -0.2) is 9.78 Å². The third-order valence-electron chi connectivity index (χ3n) is 2.20. The highest BCUT2D eigenvalue weighted by atomic mass is 16.1. The number of pyridine rings is 1. The highest BCUT2D eigenvalue weighted by Crippen LogP contribution is 1.98. The van der Waals surface area contributed by atoms with Crippen molar-refractivity contribution in [3.05, 3.63) is 46.9 Å². The lowest BCUT2D eigenvalue weighted by atomic mass is 10.3. The molecule has 0 atom stereocenters. The summed E-state index contributed by atoms with van der Waals surface area (Å²) in [6.45, 7) is 3.06. The lowest BCUT2D eigenvalue weighted by molar-refractivity contribution is 0.700. The molecule has 6 heteroatoms. The quantitative estimate of drug-likeness (QED) is 0.830. The summed E-state index contributed by atoms with van der Waals surface area (Å²) in [5.41, 5.74) is 0.676. The van der Waals surface area contributed by atoms with Gasteiger partial charge >= 0.3 is 5.69 Å². The van der Waals surface area contributed by atoms with E-state index >= 15 is 0 Å². The zero-order valence-electron chi connectivity index (χ0n) is 9.50. The Morgan fingerprint density at radius 3 is 2.76 bits per heavy atom. The Morgan fingerprint density at radius 2 is 2.12 bits per heavy atom. The molecule has 2 aromatic rings. The maximum atomic E-state index is 11.7. The molecule has 0 radical (unpaired) electrons. The van der Waals surface area contributed by atoms with Gasteiger partial charge < -0.3 is 5.32 Å². The van der Waals surface area contributed by atoms with Crippen molar-refractivity contribution in [1.29, 1.82) is 0 Å². The van der Waals surface area contributed by atoms with Crippen molar-refractivity contribution >= 4 is 5.95 Å². The van der Waals surface area contributed by atoms with Crippen molar-refractivity contribution in [2.45, 2.75) is 13.5 Å². The summed E-state index contributed by atoms with van der Waals surface area (Å²) in [7, 11) is 0. The van der Waals surface area contributed by atoms with E-state index in [0.29, 0.717) is 19.0 Å². The van der Waals surface area contributed by atoms with Gasteiger partial charge in [-0.3, -0.25) is 9.55 Å². The van der Waals surface area contributed by atoms with Crippen LogP contribution >= 0.6 is 0 Å². The van der Waals surface area contributed by atoms with E-state index in [0.717, 1.165) is 5.56 Å². The molecule has 0 aliphatic heterocycles. The molecule has 1 N–H and O–H groups in total. The predicted molar refractivity (Wildman–Crippen MR) is 63.8 cm³/mol. The fourth-order valence-electron chi connectivity index (χ4n) is 1.39. The van der Waals surface area contributed by atoms with E-state index in [1.165, 1.54) is 10.9 Å². The number of nitrogens with zero attached hydrogens (tertiary/aromatic N) is 4. The summed E-state index contributed by atoms with van der Waals surface area (Å²) < 4.78 is 1.45. The molecule has 2 heterocycles. The van der Waals surface area contributed by atoms with Crippen LogP contribution in [0, 0.1) is 0 Å². The Kier molecular flexibility index (Phi) is 3.44. The van der Waals surface area contributed by atoms with Crippen LogP contribution < -0.4 is 11.0 Å². The standard InChI is InChI=1S/C11H13N5O/c1-2-13-10-14-8-16(11(17)15-10)7-9-3-5-12-6-4-9/h3-6,8H,2,7H2,1H3,(H,13,15,17). The molecule has 0 aromatic carbocycles. The highest BCUT2D eigenvalue weighted by molar-refractivity contribution is 5.20. The minimum atomic E-state index is -0.312. The molecule has 0 bridgehead atoms. The van der Waals surface area contributed by atoms with Gasteiger partial charge in [0, 0.05) is 18.9 Å². The zero-order chi connectivity index (χ0) is 12.1. The summed E-state index contributed by atoms with van der Waals surface area (Å²) in [4.78, 5) is 23.5. The summed E-state index contributed by atoms with van der Waals surface area (Å²) >= 11 is 0. The first kappa shape index (κ1) is 11.3. The van der Waals surface area contributed by atoms with Crippen molar-refractivity contribution in [3.63, 3.8) is 0 Å². The van der Waals surface area contributed by atoms with Gasteiger partial charge in [-0.15, -0.1) is 0 Å². The maximum absolute atomic E-state index is 11.7. The van der Waals surface area contributed by atoms with Crippen molar-refractivity contribution in [2.24, 2.45) is 0 Å². The number of hydrogen-bond donors (Lipinski definition) is 1. The van der Waals surface area contributed by atoms with E-state index in [-0.39, 0.29) is 5.69 Å². The number of rotatable bonds is 4. The van der Waals surface area contributed by atoms with Crippen molar-refractivity contribution in [3.8, 4) is 0 Å². The highest BCUT2D eigenvalue weighted by Gasteiger charge is 2.01. The molecule has 0 amide bonds. The molecule has 88 valence electrons. The molecule has 0 fully saturated rings. The van der Waals surface area contributed by atoms with Crippen molar-refractivity contribution in [1.82, 2.24) is 19.5 Å². The monoisotopic (exact) mass is 231 g/mol. The molecule has 0 unspecified atom stereocenters. The second-order valence-corrected chi connectivity index (χ2v) is 3.48. The maximum Gasteiger partial charge on any atom is 0.352 e. The van der Waals surface area contributed by atoms with Gasteiger partial charge in [0.25, 0.3) is 0 Å². The smallest absolute Gasteiger partial charge is 0.352 e. The number of hydrogen-bond acceptors (Lipinski definition) is 5. The minimum Gasteiger partial charge on any atom is -0.354 e. The van der Waals surface area contributed by atoms with Crippen LogP contribution in [0.5, 0.6) is 0 Å². The molecule has 0 aliphatic carbocycles. The van der Waals surface area contributed by atoms with Crippen LogP contribution in [0.3, 0.4) is 0 Å². The van der Waals surface area contributed by atoms with Gasteiger partial charge in [-0.2, -0.15) is 4.98 Å². The van der Waals surface area contributed by atoms with Crippen LogP contribution in [0.1, 0.15) is 12.5 Å². The van der Waals surface area contributed by atoms with Crippen LogP contribution in [0.15, 0.2) is 35.6 Å². The third kappa shape index (κ3) is 2.87. The molecular formula is C11H13N5O. The normalized spacial score (nSPS) is 10.2. The fraction of sp³-hybridized carbons (Fsp3) is 0.273. The Balaban J connectivity index is 2.20. The second-order valence-electron chi connectivity index (χ2n) is 3.48. The molecule has 0 aliphatic rings. The number of aromatic nitrogens is 4. The van der Waals surface area contributed by atoms with E-state index in [4.69, 9.17) is 0 Å². The zero-order valence-corrected chi connectivity index (χ0v) is 9.50. The molecule has 0 saturated carbocycles. The van der Waals surface area contributed by atoms with Gasteiger partial charge in [-0.1, -0.05) is 0 Å². The van der Waals surface area contributed by atoms with E-state index in [2.05, 4.69) is 20.3 Å². The first-order valence-corrected chi connectivity index (χ1v) is 5.36. The molecule has 2 rings (SSSR count). The molecule has 0 spiro atoms. The Hall–Kier alpha value is -2.24. The van der Waals surface area contributed by atoms with E-state index < -0.39 is 0 Å². The molecular weight excluding hydrogens is 218 g/mol. The van der Waals surface area contributed by atoms with E-state index in [9.17, 15) is 4.79 Å². The lowest BCUT2D eigenvalue weighted by Gasteiger charge is -2.05. The van der Waals surface area contributed by atoms with Crippen LogP contribution in [0.2, 0.25) is 0 Å².